The first-order valence-electron chi connectivity index (χ1n) is 5.67. The predicted octanol–water partition coefficient (Wildman–Crippen LogP) is 2.06. The number of hydrogen-bond acceptors (Lipinski definition) is 3. The van der Waals surface area contributed by atoms with E-state index in [1.54, 1.807) is 13.8 Å². The Hall–Kier alpha value is -1.71. The molecule has 4 nitrogen and oxygen atoms in total. The SMILES string of the molecule is Cc1ccc2c(c1)OCCN2C(C)(C)C(=O)O. The van der Waals surface area contributed by atoms with Gasteiger partial charge in [0.05, 0.1) is 12.2 Å². The van der Waals surface area contributed by atoms with Crippen LogP contribution in [0.5, 0.6) is 5.75 Å². The molecule has 0 bridgehead atoms. The van der Waals surface area contributed by atoms with Crippen molar-refractivity contribution in [2.24, 2.45) is 0 Å². The van der Waals surface area contributed by atoms with Gasteiger partial charge in [-0.2, -0.15) is 0 Å². The predicted molar refractivity (Wildman–Crippen MR) is 65.7 cm³/mol. The minimum absolute atomic E-state index is 0.521. The highest BCUT2D eigenvalue weighted by molar-refractivity contribution is 5.83. The highest BCUT2D eigenvalue weighted by Crippen LogP contribution is 2.36. The average Bonchev–Trinajstić information content (AvgIpc) is 2.27. The Morgan fingerprint density at radius 3 is 2.82 bits per heavy atom. The summed E-state index contributed by atoms with van der Waals surface area (Å²) in [6, 6.07) is 5.84. The summed E-state index contributed by atoms with van der Waals surface area (Å²) in [4.78, 5) is 13.2. The Kier molecular flexibility index (Phi) is 2.73. The summed E-state index contributed by atoms with van der Waals surface area (Å²) in [6.45, 7) is 6.53. The number of aryl methyl sites for hydroxylation is 1. The topological polar surface area (TPSA) is 49.8 Å². The molecule has 1 N–H and O–H groups in total. The van der Waals surface area contributed by atoms with E-state index in [9.17, 15) is 9.90 Å². The maximum absolute atomic E-state index is 11.3. The van der Waals surface area contributed by atoms with Gasteiger partial charge in [0.2, 0.25) is 0 Å². The summed E-state index contributed by atoms with van der Waals surface area (Å²) >= 11 is 0. The number of carboxylic acid groups (broad SMARTS) is 1. The van der Waals surface area contributed by atoms with E-state index in [0.717, 1.165) is 17.0 Å². The molecule has 1 aliphatic heterocycles. The van der Waals surface area contributed by atoms with Crippen LogP contribution in [0.15, 0.2) is 18.2 Å². The van der Waals surface area contributed by atoms with Crippen molar-refractivity contribution in [3.05, 3.63) is 23.8 Å². The molecular formula is C13H17NO3. The van der Waals surface area contributed by atoms with Gasteiger partial charge >= 0.3 is 5.97 Å². The van der Waals surface area contributed by atoms with Crippen molar-refractivity contribution < 1.29 is 14.6 Å². The van der Waals surface area contributed by atoms with Gasteiger partial charge in [-0.15, -0.1) is 0 Å². The first-order chi connectivity index (χ1) is 7.93. The van der Waals surface area contributed by atoms with Gasteiger partial charge in [-0.1, -0.05) is 6.07 Å². The fourth-order valence-electron chi connectivity index (χ4n) is 2.02. The third-order valence-corrected chi connectivity index (χ3v) is 3.18. The number of fused-ring (bicyclic) bond motifs is 1. The Bertz CT molecular complexity index is 454. The summed E-state index contributed by atoms with van der Waals surface area (Å²) in [5.41, 5.74) is 1.04. The molecule has 0 amide bonds. The quantitative estimate of drug-likeness (QED) is 0.852. The fraction of sp³-hybridized carbons (Fsp3) is 0.462. The lowest BCUT2D eigenvalue weighted by Crippen LogP contribution is -2.53. The number of carboxylic acids is 1. The number of nitrogens with zero attached hydrogens (tertiary/aromatic N) is 1. The summed E-state index contributed by atoms with van der Waals surface area (Å²) in [6.07, 6.45) is 0. The Morgan fingerprint density at radius 1 is 1.47 bits per heavy atom. The van der Waals surface area contributed by atoms with E-state index >= 15 is 0 Å². The third kappa shape index (κ3) is 1.95. The minimum Gasteiger partial charge on any atom is -0.490 e. The van der Waals surface area contributed by atoms with Crippen LogP contribution in [-0.2, 0) is 4.79 Å². The van der Waals surface area contributed by atoms with Crippen molar-refractivity contribution in [1.82, 2.24) is 0 Å². The van der Waals surface area contributed by atoms with Gasteiger partial charge in [0.25, 0.3) is 0 Å². The molecule has 0 spiro atoms. The van der Waals surface area contributed by atoms with Gasteiger partial charge < -0.3 is 14.7 Å². The monoisotopic (exact) mass is 235 g/mol. The molecule has 0 aliphatic carbocycles. The van der Waals surface area contributed by atoms with Crippen molar-refractivity contribution in [3.8, 4) is 5.75 Å². The molecule has 0 fully saturated rings. The van der Waals surface area contributed by atoms with Crippen LogP contribution in [0.4, 0.5) is 5.69 Å². The lowest BCUT2D eigenvalue weighted by Gasteiger charge is -2.40. The Morgan fingerprint density at radius 2 is 2.18 bits per heavy atom. The number of rotatable bonds is 2. The maximum atomic E-state index is 11.3. The van der Waals surface area contributed by atoms with E-state index in [0.29, 0.717) is 13.2 Å². The lowest BCUT2D eigenvalue weighted by atomic mass is 10.0. The summed E-state index contributed by atoms with van der Waals surface area (Å²) in [5, 5.41) is 9.29. The van der Waals surface area contributed by atoms with E-state index in [1.807, 2.05) is 30.0 Å². The third-order valence-electron chi connectivity index (χ3n) is 3.18. The maximum Gasteiger partial charge on any atom is 0.328 e. The highest BCUT2D eigenvalue weighted by Gasteiger charge is 2.37. The van der Waals surface area contributed by atoms with Crippen molar-refractivity contribution >= 4 is 11.7 Å². The molecule has 1 aromatic rings. The summed E-state index contributed by atoms with van der Waals surface area (Å²) in [7, 11) is 0. The second-order valence-electron chi connectivity index (χ2n) is 4.84. The minimum atomic E-state index is -0.923. The van der Waals surface area contributed by atoms with Crippen LogP contribution in [0.2, 0.25) is 0 Å². The lowest BCUT2D eigenvalue weighted by molar-refractivity contribution is -0.142. The van der Waals surface area contributed by atoms with Gasteiger partial charge in [0.1, 0.15) is 17.9 Å². The standard InChI is InChI=1S/C13H17NO3/c1-9-4-5-10-11(8-9)17-7-6-14(10)13(2,3)12(15)16/h4-5,8H,6-7H2,1-3H3,(H,15,16). The molecule has 17 heavy (non-hydrogen) atoms. The van der Waals surface area contributed by atoms with Crippen molar-refractivity contribution in [1.29, 1.82) is 0 Å². The van der Waals surface area contributed by atoms with Crippen LogP contribution in [0, 0.1) is 6.92 Å². The van der Waals surface area contributed by atoms with Crippen LogP contribution in [-0.4, -0.2) is 29.8 Å². The van der Waals surface area contributed by atoms with Gasteiger partial charge in [0.15, 0.2) is 0 Å². The highest BCUT2D eigenvalue weighted by atomic mass is 16.5. The number of ether oxygens (including phenoxy) is 1. The van der Waals surface area contributed by atoms with Crippen molar-refractivity contribution in [2.45, 2.75) is 26.3 Å². The smallest absolute Gasteiger partial charge is 0.328 e. The van der Waals surface area contributed by atoms with Crippen molar-refractivity contribution in [2.75, 3.05) is 18.1 Å². The second-order valence-corrected chi connectivity index (χ2v) is 4.84. The van der Waals surface area contributed by atoms with E-state index < -0.39 is 11.5 Å². The van der Waals surface area contributed by atoms with Gasteiger partial charge in [0, 0.05) is 0 Å². The van der Waals surface area contributed by atoms with Crippen LogP contribution < -0.4 is 9.64 Å². The molecule has 0 saturated heterocycles. The molecule has 1 heterocycles. The number of benzene rings is 1. The van der Waals surface area contributed by atoms with Crippen LogP contribution in [0.25, 0.3) is 0 Å². The van der Waals surface area contributed by atoms with Crippen LogP contribution in [0.1, 0.15) is 19.4 Å². The molecule has 0 unspecified atom stereocenters. The second kappa shape index (κ2) is 3.95. The molecule has 0 saturated carbocycles. The molecule has 1 aromatic carbocycles. The molecule has 1 aliphatic rings. The number of hydrogen-bond donors (Lipinski definition) is 1. The van der Waals surface area contributed by atoms with Gasteiger partial charge in [-0.3, -0.25) is 0 Å². The first-order valence-corrected chi connectivity index (χ1v) is 5.67. The van der Waals surface area contributed by atoms with Crippen LogP contribution >= 0.6 is 0 Å². The molecular weight excluding hydrogens is 218 g/mol. The molecule has 0 aromatic heterocycles. The zero-order chi connectivity index (χ0) is 12.6. The molecule has 2 rings (SSSR count). The number of carbonyl (C=O) groups is 1. The normalized spacial score (nSPS) is 15.1. The molecule has 92 valence electrons. The van der Waals surface area contributed by atoms with Gasteiger partial charge in [-0.05, 0) is 38.5 Å². The first kappa shape index (κ1) is 11.8. The van der Waals surface area contributed by atoms with Crippen molar-refractivity contribution in [3.63, 3.8) is 0 Å². The van der Waals surface area contributed by atoms with E-state index in [4.69, 9.17) is 4.74 Å². The van der Waals surface area contributed by atoms with Crippen LogP contribution in [0.3, 0.4) is 0 Å². The van der Waals surface area contributed by atoms with E-state index in [1.165, 1.54) is 0 Å². The molecule has 4 heteroatoms. The summed E-state index contributed by atoms with van der Waals surface area (Å²) < 4.78 is 5.57. The average molecular weight is 235 g/mol. The zero-order valence-electron chi connectivity index (χ0n) is 10.4. The molecule has 0 atom stereocenters. The van der Waals surface area contributed by atoms with E-state index in [-0.39, 0.29) is 0 Å². The Labute approximate surface area is 101 Å². The Balaban J connectivity index is 2.45. The largest absolute Gasteiger partial charge is 0.490 e. The number of anilines is 1. The van der Waals surface area contributed by atoms with Gasteiger partial charge in [-0.25, -0.2) is 4.79 Å². The molecule has 0 radical (unpaired) electrons. The van der Waals surface area contributed by atoms with E-state index in [2.05, 4.69) is 0 Å². The zero-order valence-corrected chi connectivity index (χ0v) is 10.4. The summed E-state index contributed by atoms with van der Waals surface area (Å²) in [5.74, 6) is -0.0588. The number of aliphatic carboxylic acids is 1. The fourth-order valence-corrected chi connectivity index (χ4v) is 2.02.